The van der Waals surface area contributed by atoms with E-state index in [-0.39, 0.29) is 31.1 Å². The fraction of sp³-hybridized carbons (Fsp3) is 0.375. The van der Waals surface area contributed by atoms with E-state index in [9.17, 15) is 14.4 Å². The zero-order valence-electron chi connectivity index (χ0n) is 13.0. The van der Waals surface area contributed by atoms with Gasteiger partial charge in [0, 0.05) is 6.42 Å². The van der Waals surface area contributed by atoms with E-state index in [2.05, 4.69) is 10.5 Å². The third-order valence-electron chi connectivity index (χ3n) is 3.99. The number of benzene rings is 1. The molecule has 7 heteroatoms. The first-order valence-electron chi connectivity index (χ1n) is 7.42. The van der Waals surface area contributed by atoms with Gasteiger partial charge in [0.15, 0.2) is 0 Å². The molecule has 0 bridgehead atoms. The molecule has 0 aliphatic carbocycles. The second-order valence-corrected chi connectivity index (χ2v) is 5.70. The van der Waals surface area contributed by atoms with Crippen LogP contribution >= 0.6 is 0 Å². The van der Waals surface area contributed by atoms with Gasteiger partial charge in [0.2, 0.25) is 5.91 Å². The Morgan fingerprint density at radius 3 is 2.65 bits per heavy atom. The summed E-state index contributed by atoms with van der Waals surface area (Å²) in [5, 5.41) is 3.91. The summed E-state index contributed by atoms with van der Waals surface area (Å²) in [6, 6.07) is 7.13. The SMILES string of the molecule is CCOC(=O)C1=NN[C@@]2(CC(=O)N(c3ccc(C)cc3)C2=O)C1. The Hall–Kier alpha value is -2.70. The molecule has 7 nitrogen and oxygen atoms in total. The summed E-state index contributed by atoms with van der Waals surface area (Å²) in [4.78, 5) is 38.0. The van der Waals surface area contributed by atoms with Gasteiger partial charge in [-0.2, -0.15) is 5.10 Å². The van der Waals surface area contributed by atoms with Crippen molar-refractivity contribution in [3.63, 3.8) is 0 Å². The molecule has 3 rings (SSSR count). The summed E-state index contributed by atoms with van der Waals surface area (Å²) in [5.41, 5.74) is 3.21. The minimum absolute atomic E-state index is 0.0356. The molecule has 1 saturated heterocycles. The fourth-order valence-electron chi connectivity index (χ4n) is 2.79. The maximum atomic E-state index is 12.8. The van der Waals surface area contributed by atoms with E-state index in [0.29, 0.717) is 5.69 Å². The van der Waals surface area contributed by atoms with Crippen molar-refractivity contribution in [2.24, 2.45) is 5.10 Å². The molecule has 1 aromatic rings. The number of esters is 1. The summed E-state index contributed by atoms with van der Waals surface area (Å²) < 4.78 is 4.90. The lowest BCUT2D eigenvalue weighted by Gasteiger charge is -2.21. The lowest BCUT2D eigenvalue weighted by atomic mass is 9.93. The lowest BCUT2D eigenvalue weighted by Crippen LogP contribution is -2.47. The number of anilines is 1. The van der Waals surface area contributed by atoms with Crippen LogP contribution in [-0.4, -0.2) is 35.6 Å². The van der Waals surface area contributed by atoms with E-state index in [1.54, 1.807) is 19.1 Å². The van der Waals surface area contributed by atoms with Gasteiger partial charge >= 0.3 is 5.97 Å². The van der Waals surface area contributed by atoms with Crippen molar-refractivity contribution in [1.29, 1.82) is 0 Å². The van der Waals surface area contributed by atoms with Gasteiger partial charge in [-0.15, -0.1) is 0 Å². The third kappa shape index (κ3) is 2.48. The molecule has 1 atom stereocenters. The van der Waals surface area contributed by atoms with E-state index in [0.717, 1.165) is 10.5 Å². The van der Waals surface area contributed by atoms with Crippen LogP contribution in [0.25, 0.3) is 0 Å². The van der Waals surface area contributed by atoms with Crippen LogP contribution in [-0.2, 0) is 19.1 Å². The van der Waals surface area contributed by atoms with Gasteiger partial charge in [-0.3, -0.25) is 15.0 Å². The second-order valence-electron chi connectivity index (χ2n) is 5.70. The molecular formula is C16H17N3O4. The van der Waals surface area contributed by atoms with E-state index in [1.807, 2.05) is 19.1 Å². The molecule has 0 aromatic heterocycles. The number of amides is 2. The topological polar surface area (TPSA) is 88.1 Å². The van der Waals surface area contributed by atoms with E-state index in [1.165, 1.54) is 0 Å². The van der Waals surface area contributed by atoms with E-state index >= 15 is 0 Å². The average molecular weight is 315 g/mol. The normalized spacial score (nSPS) is 23.2. The van der Waals surface area contributed by atoms with Gasteiger partial charge in [-0.25, -0.2) is 9.69 Å². The van der Waals surface area contributed by atoms with Crippen molar-refractivity contribution in [1.82, 2.24) is 5.43 Å². The first kappa shape index (κ1) is 15.2. The Kier molecular flexibility index (Phi) is 3.63. The summed E-state index contributed by atoms with van der Waals surface area (Å²) >= 11 is 0. The van der Waals surface area contributed by atoms with E-state index in [4.69, 9.17) is 4.74 Å². The number of nitrogens with zero attached hydrogens (tertiary/aromatic N) is 2. The highest BCUT2D eigenvalue weighted by molar-refractivity contribution is 6.39. The number of hydrazone groups is 1. The summed E-state index contributed by atoms with van der Waals surface area (Å²) in [5.74, 6) is -1.27. The summed E-state index contributed by atoms with van der Waals surface area (Å²) in [6.07, 6.45) is 0.0187. The molecule has 0 radical (unpaired) electrons. The lowest BCUT2D eigenvalue weighted by molar-refractivity contribution is -0.135. The van der Waals surface area contributed by atoms with Gasteiger partial charge in [0.25, 0.3) is 5.91 Å². The average Bonchev–Trinajstić information content (AvgIpc) is 3.04. The number of hydrogen-bond acceptors (Lipinski definition) is 6. The van der Waals surface area contributed by atoms with Crippen molar-refractivity contribution in [3.8, 4) is 0 Å². The van der Waals surface area contributed by atoms with Crippen molar-refractivity contribution in [3.05, 3.63) is 29.8 Å². The van der Waals surface area contributed by atoms with E-state index < -0.39 is 17.4 Å². The Morgan fingerprint density at radius 1 is 1.30 bits per heavy atom. The minimum Gasteiger partial charge on any atom is -0.461 e. The molecule has 2 aliphatic rings. The number of carbonyl (C=O) groups is 3. The highest BCUT2D eigenvalue weighted by Crippen LogP contribution is 2.34. The highest BCUT2D eigenvalue weighted by atomic mass is 16.5. The summed E-state index contributed by atoms with van der Waals surface area (Å²) in [7, 11) is 0. The predicted molar refractivity (Wildman–Crippen MR) is 82.8 cm³/mol. The molecule has 1 spiro atoms. The van der Waals surface area contributed by atoms with Gasteiger partial charge < -0.3 is 4.74 Å². The molecule has 23 heavy (non-hydrogen) atoms. The largest absolute Gasteiger partial charge is 0.461 e. The molecule has 1 fully saturated rings. The Balaban J connectivity index is 1.83. The smallest absolute Gasteiger partial charge is 0.354 e. The summed E-state index contributed by atoms with van der Waals surface area (Å²) in [6.45, 7) is 3.85. The van der Waals surface area contributed by atoms with Crippen molar-refractivity contribution < 1.29 is 19.1 Å². The maximum absolute atomic E-state index is 12.8. The quantitative estimate of drug-likeness (QED) is 0.661. The number of hydrogen-bond donors (Lipinski definition) is 1. The van der Waals surface area contributed by atoms with Gasteiger partial charge in [0.1, 0.15) is 11.3 Å². The second kappa shape index (κ2) is 5.49. The van der Waals surface area contributed by atoms with Gasteiger partial charge in [-0.05, 0) is 26.0 Å². The molecule has 2 heterocycles. The Labute approximate surface area is 133 Å². The molecule has 0 saturated carbocycles. The monoisotopic (exact) mass is 315 g/mol. The molecule has 2 aliphatic heterocycles. The number of nitrogens with one attached hydrogen (secondary N) is 1. The number of imide groups is 1. The molecule has 0 unspecified atom stereocenters. The van der Waals surface area contributed by atoms with Crippen molar-refractivity contribution >= 4 is 29.2 Å². The number of rotatable bonds is 3. The van der Waals surface area contributed by atoms with Crippen LogP contribution in [0.4, 0.5) is 5.69 Å². The minimum atomic E-state index is -1.18. The van der Waals surface area contributed by atoms with Crippen molar-refractivity contribution in [2.45, 2.75) is 32.2 Å². The van der Waals surface area contributed by atoms with Gasteiger partial charge in [-0.1, -0.05) is 17.7 Å². The number of ether oxygens (including phenoxy) is 1. The first-order chi connectivity index (χ1) is 11.0. The Bertz CT molecular complexity index is 711. The standard InChI is InChI=1S/C16H17N3O4/c1-3-23-14(21)12-8-16(18-17-12)9-13(20)19(15(16)22)11-6-4-10(2)5-7-11/h4-7,18H,3,8-9H2,1-2H3/t16-/m1/s1. The van der Waals surface area contributed by atoms with Crippen LogP contribution in [0.15, 0.2) is 29.4 Å². The molecule has 2 amide bonds. The molecule has 1 aromatic carbocycles. The van der Waals surface area contributed by atoms with Crippen LogP contribution in [0, 0.1) is 6.92 Å². The predicted octanol–water partition coefficient (Wildman–Crippen LogP) is 0.910. The zero-order chi connectivity index (χ0) is 16.6. The number of carbonyl (C=O) groups excluding carboxylic acids is 3. The molecule has 1 N–H and O–H groups in total. The Morgan fingerprint density at radius 2 is 2.00 bits per heavy atom. The molecule has 120 valence electrons. The van der Waals surface area contributed by atoms with Crippen LogP contribution in [0.2, 0.25) is 0 Å². The number of aryl methyl sites for hydroxylation is 1. The highest BCUT2D eigenvalue weighted by Gasteiger charge is 2.56. The van der Waals surface area contributed by atoms with Crippen molar-refractivity contribution in [2.75, 3.05) is 11.5 Å². The molecular weight excluding hydrogens is 298 g/mol. The maximum Gasteiger partial charge on any atom is 0.354 e. The zero-order valence-corrected chi connectivity index (χ0v) is 13.0. The first-order valence-corrected chi connectivity index (χ1v) is 7.42. The van der Waals surface area contributed by atoms with Crippen LogP contribution < -0.4 is 10.3 Å². The van der Waals surface area contributed by atoms with Crippen LogP contribution in [0.1, 0.15) is 25.3 Å². The van der Waals surface area contributed by atoms with Crippen LogP contribution in [0.3, 0.4) is 0 Å². The fourth-order valence-corrected chi connectivity index (χ4v) is 2.79. The van der Waals surface area contributed by atoms with Crippen LogP contribution in [0.5, 0.6) is 0 Å². The third-order valence-corrected chi connectivity index (χ3v) is 3.99. The van der Waals surface area contributed by atoms with Gasteiger partial charge in [0.05, 0.1) is 18.7 Å².